The average Bonchev–Trinajstić information content (AvgIpc) is 3.25. The molecule has 0 aliphatic carbocycles. The minimum atomic E-state index is -0.104. The first-order chi connectivity index (χ1) is 12.9. The molecule has 0 fully saturated rings. The molecule has 0 atom stereocenters. The third kappa shape index (κ3) is 4.10. The fraction of sp³-hybridized carbons (Fsp3) is 0.316. The number of carbonyl (C=O) groups excluding carboxylic acids is 1. The average molecular weight is 399 g/mol. The summed E-state index contributed by atoms with van der Waals surface area (Å²) in [6.45, 7) is 7.43. The number of aromatic nitrogens is 3. The highest BCUT2D eigenvalue weighted by atomic mass is 32.2. The van der Waals surface area contributed by atoms with Gasteiger partial charge in [0.2, 0.25) is 5.89 Å². The summed E-state index contributed by atoms with van der Waals surface area (Å²) < 4.78 is 5.77. The molecule has 0 spiro atoms. The lowest BCUT2D eigenvalue weighted by Gasteiger charge is -2.06. The molecule has 3 aromatic rings. The lowest BCUT2D eigenvalue weighted by molar-refractivity contribution is 0.101. The standard InChI is InChI=1S/C19H18N4O2S2/c1-5-15-10(2)6-16(27-15)18-23-22-17(25-18)9-26-19-13(8-20)7-14(12(4)24)11(3)21-19/h6-7H,5,9H2,1-4H3. The van der Waals surface area contributed by atoms with Crippen LogP contribution in [0.5, 0.6) is 0 Å². The summed E-state index contributed by atoms with van der Waals surface area (Å²) >= 11 is 3.01. The third-order valence-electron chi connectivity index (χ3n) is 4.03. The van der Waals surface area contributed by atoms with E-state index in [4.69, 9.17) is 4.42 Å². The molecule has 0 aliphatic heterocycles. The van der Waals surface area contributed by atoms with Gasteiger partial charge in [-0.05, 0) is 44.9 Å². The van der Waals surface area contributed by atoms with Gasteiger partial charge in [-0.25, -0.2) is 4.98 Å². The van der Waals surface area contributed by atoms with Crippen LogP contribution in [0.15, 0.2) is 21.6 Å². The Hall–Kier alpha value is -2.50. The second kappa shape index (κ2) is 8.03. The SMILES string of the molecule is CCc1sc(-c2nnc(CSc3nc(C)c(C(C)=O)cc3C#N)o2)cc1C. The molecule has 0 aromatic carbocycles. The molecule has 27 heavy (non-hydrogen) atoms. The van der Waals surface area contributed by atoms with E-state index in [2.05, 4.69) is 41.2 Å². The molecule has 3 rings (SSSR count). The van der Waals surface area contributed by atoms with Gasteiger partial charge in [0.05, 0.1) is 16.2 Å². The minimum absolute atomic E-state index is 0.104. The van der Waals surface area contributed by atoms with Gasteiger partial charge in [0, 0.05) is 16.1 Å². The van der Waals surface area contributed by atoms with E-state index in [0.717, 1.165) is 11.3 Å². The fourth-order valence-electron chi connectivity index (χ4n) is 2.65. The number of rotatable bonds is 6. The van der Waals surface area contributed by atoms with Gasteiger partial charge in [-0.2, -0.15) is 5.26 Å². The summed E-state index contributed by atoms with van der Waals surface area (Å²) in [4.78, 5) is 18.3. The van der Waals surface area contributed by atoms with Crippen molar-refractivity contribution in [1.29, 1.82) is 5.26 Å². The first-order valence-corrected chi connectivity index (χ1v) is 10.2. The smallest absolute Gasteiger partial charge is 0.257 e. The molecule has 0 saturated heterocycles. The van der Waals surface area contributed by atoms with Crippen molar-refractivity contribution in [3.05, 3.63) is 45.3 Å². The molecule has 0 unspecified atom stereocenters. The summed E-state index contributed by atoms with van der Waals surface area (Å²) in [5.41, 5.74) is 2.68. The second-order valence-electron chi connectivity index (χ2n) is 6.00. The zero-order chi connectivity index (χ0) is 19.6. The third-order valence-corrected chi connectivity index (χ3v) is 6.37. The van der Waals surface area contributed by atoms with E-state index in [1.54, 1.807) is 24.3 Å². The van der Waals surface area contributed by atoms with Crippen LogP contribution < -0.4 is 0 Å². The number of thiophene rings is 1. The van der Waals surface area contributed by atoms with Gasteiger partial charge in [-0.15, -0.1) is 21.5 Å². The van der Waals surface area contributed by atoms with Crippen LogP contribution in [0, 0.1) is 25.2 Å². The summed E-state index contributed by atoms with van der Waals surface area (Å²) in [6, 6.07) is 5.75. The molecule has 8 heteroatoms. The molecular formula is C19H18N4O2S2. The maximum Gasteiger partial charge on any atom is 0.257 e. The van der Waals surface area contributed by atoms with E-state index < -0.39 is 0 Å². The molecule has 0 N–H and O–H groups in total. The maximum atomic E-state index is 11.6. The quantitative estimate of drug-likeness (QED) is 0.437. The largest absolute Gasteiger partial charge is 0.419 e. The number of aryl methyl sites for hydroxylation is 3. The van der Waals surface area contributed by atoms with Gasteiger partial charge in [-0.3, -0.25) is 4.79 Å². The predicted octanol–water partition coefficient (Wildman–Crippen LogP) is 4.74. The van der Waals surface area contributed by atoms with Crippen molar-refractivity contribution in [2.75, 3.05) is 0 Å². The number of hydrogen-bond acceptors (Lipinski definition) is 8. The first-order valence-electron chi connectivity index (χ1n) is 8.40. The zero-order valence-corrected chi connectivity index (χ0v) is 17.1. The van der Waals surface area contributed by atoms with Gasteiger partial charge < -0.3 is 4.42 Å². The van der Waals surface area contributed by atoms with Crippen molar-refractivity contribution < 1.29 is 9.21 Å². The van der Waals surface area contributed by atoms with Crippen molar-refractivity contribution in [3.8, 4) is 16.8 Å². The Balaban J connectivity index is 1.78. The number of nitriles is 1. The van der Waals surface area contributed by atoms with Crippen LogP contribution >= 0.6 is 23.1 Å². The second-order valence-corrected chi connectivity index (χ2v) is 8.10. The Morgan fingerprint density at radius 3 is 2.74 bits per heavy atom. The normalized spacial score (nSPS) is 10.8. The number of nitrogens with zero attached hydrogens (tertiary/aromatic N) is 4. The van der Waals surface area contributed by atoms with Crippen molar-refractivity contribution in [2.24, 2.45) is 0 Å². The highest BCUT2D eigenvalue weighted by molar-refractivity contribution is 7.98. The lowest BCUT2D eigenvalue weighted by atomic mass is 10.1. The highest BCUT2D eigenvalue weighted by Gasteiger charge is 2.16. The number of Topliss-reactive ketones (excluding diaryl/α,β-unsaturated/α-hetero) is 1. The number of ketones is 1. The van der Waals surface area contributed by atoms with E-state index in [1.807, 2.05) is 0 Å². The Kier molecular flexibility index (Phi) is 5.73. The molecule has 0 bridgehead atoms. The van der Waals surface area contributed by atoms with Gasteiger partial charge in [0.25, 0.3) is 5.89 Å². The van der Waals surface area contributed by atoms with Gasteiger partial charge in [-0.1, -0.05) is 18.7 Å². The van der Waals surface area contributed by atoms with Crippen LogP contribution in [-0.4, -0.2) is 21.0 Å². The number of hydrogen-bond donors (Lipinski definition) is 0. The highest BCUT2D eigenvalue weighted by Crippen LogP contribution is 2.32. The summed E-state index contributed by atoms with van der Waals surface area (Å²) in [6.07, 6.45) is 0.978. The van der Waals surface area contributed by atoms with Crippen LogP contribution in [0.4, 0.5) is 0 Å². The van der Waals surface area contributed by atoms with E-state index in [-0.39, 0.29) is 5.78 Å². The minimum Gasteiger partial charge on any atom is -0.419 e. The van der Waals surface area contributed by atoms with Gasteiger partial charge in [0.1, 0.15) is 11.1 Å². The number of carbonyl (C=O) groups is 1. The molecule has 0 aliphatic rings. The molecule has 0 radical (unpaired) electrons. The molecular weight excluding hydrogens is 380 g/mol. The predicted molar refractivity (Wildman–Crippen MR) is 105 cm³/mol. The van der Waals surface area contributed by atoms with Crippen molar-refractivity contribution in [2.45, 2.75) is 44.9 Å². The summed E-state index contributed by atoms with van der Waals surface area (Å²) in [5, 5.41) is 18.1. The van der Waals surface area contributed by atoms with Gasteiger partial charge in [0.15, 0.2) is 5.78 Å². The van der Waals surface area contributed by atoms with Crippen molar-refractivity contribution in [3.63, 3.8) is 0 Å². The van der Waals surface area contributed by atoms with E-state index in [9.17, 15) is 10.1 Å². The van der Waals surface area contributed by atoms with E-state index in [1.165, 1.54) is 29.1 Å². The monoisotopic (exact) mass is 398 g/mol. The molecule has 6 nitrogen and oxygen atoms in total. The molecule has 138 valence electrons. The molecule has 0 saturated carbocycles. The number of pyridine rings is 1. The van der Waals surface area contributed by atoms with Crippen LogP contribution in [-0.2, 0) is 12.2 Å². The Morgan fingerprint density at radius 1 is 1.33 bits per heavy atom. The van der Waals surface area contributed by atoms with E-state index in [0.29, 0.717) is 39.4 Å². The Morgan fingerprint density at radius 2 is 2.11 bits per heavy atom. The zero-order valence-electron chi connectivity index (χ0n) is 15.5. The van der Waals surface area contributed by atoms with Crippen LogP contribution in [0.1, 0.15) is 51.8 Å². The Bertz CT molecular complexity index is 1050. The van der Waals surface area contributed by atoms with Crippen molar-refractivity contribution >= 4 is 28.9 Å². The fourth-order valence-corrected chi connectivity index (χ4v) is 4.52. The van der Waals surface area contributed by atoms with Crippen LogP contribution in [0.2, 0.25) is 0 Å². The Labute approximate surface area is 165 Å². The van der Waals surface area contributed by atoms with Gasteiger partial charge >= 0.3 is 0 Å². The van der Waals surface area contributed by atoms with E-state index >= 15 is 0 Å². The lowest BCUT2D eigenvalue weighted by Crippen LogP contribution is -2.02. The summed E-state index contributed by atoms with van der Waals surface area (Å²) in [5.74, 6) is 1.28. The number of thioether (sulfide) groups is 1. The van der Waals surface area contributed by atoms with Crippen molar-refractivity contribution in [1.82, 2.24) is 15.2 Å². The molecule has 3 aromatic heterocycles. The maximum absolute atomic E-state index is 11.6. The molecule has 3 heterocycles. The van der Waals surface area contributed by atoms with Crippen LogP contribution in [0.3, 0.4) is 0 Å². The van der Waals surface area contributed by atoms with Crippen LogP contribution in [0.25, 0.3) is 10.8 Å². The summed E-state index contributed by atoms with van der Waals surface area (Å²) in [7, 11) is 0. The molecule has 0 amide bonds. The first kappa shape index (κ1) is 19.3. The topological polar surface area (TPSA) is 92.7 Å².